The molecule has 2 unspecified atom stereocenters. The molecule has 0 aromatic carbocycles. The zero-order chi connectivity index (χ0) is 12.0. The second kappa shape index (κ2) is 6.89. The van der Waals surface area contributed by atoms with E-state index >= 15 is 0 Å². The third-order valence-electron chi connectivity index (χ3n) is 3.61. The van der Waals surface area contributed by atoms with E-state index < -0.39 is 0 Å². The van der Waals surface area contributed by atoms with Gasteiger partial charge >= 0.3 is 0 Å². The smallest absolute Gasteiger partial charge is 0.222 e. The molecule has 0 bridgehead atoms. The lowest BCUT2D eigenvalue weighted by atomic mass is 9.96. The standard InChI is InChI=1S/C13H26N2O/c1-4-5-12-6-7-13(16)15(9-8-12)10-11(2)14-3/h11-12,14H,4-10H2,1-3H3. The highest BCUT2D eigenvalue weighted by atomic mass is 16.2. The van der Waals surface area contributed by atoms with E-state index in [-0.39, 0.29) is 0 Å². The van der Waals surface area contributed by atoms with Gasteiger partial charge in [-0.2, -0.15) is 0 Å². The fourth-order valence-electron chi connectivity index (χ4n) is 2.41. The molecule has 0 spiro atoms. The van der Waals surface area contributed by atoms with Crippen molar-refractivity contribution < 1.29 is 4.79 Å². The summed E-state index contributed by atoms with van der Waals surface area (Å²) in [6.07, 6.45) is 5.56. The molecule has 3 heteroatoms. The van der Waals surface area contributed by atoms with Crippen molar-refractivity contribution >= 4 is 5.91 Å². The normalized spacial score (nSPS) is 24.3. The highest BCUT2D eigenvalue weighted by molar-refractivity contribution is 5.76. The van der Waals surface area contributed by atoms with Crippen molar-refractivity contribution in [3.8, 4) is 0 Å². The van der Waals surface area contributed by atoms with Gasteiger partial charge in [0.2, 0.25) is 5.91 Å². The summed E-state index contributed by atoms with van der Waals surface area (Å²) in [5.74, 6) is 1.12. The fraction of sp³-hybridized carbons (Fsp3) is 0.923. The summed E-state index contributed by atoms with van der Waals surface area (Å²) in [7, 11) is 1.95. The number of nitrogens with one attached hydrogen (secondary N) is 1. The molecule has 0 aromatic heterocycles. The summed E-state index contributed by atoms with van der Waals surface area (Å²) < 4.78 is 0. The number of carbonyl (C=O) groups is 1. The SMILES string of the molecule is CCCC1CCC(=O)N(CC(C)NC)CC1. The largest absolute Gasteiger partial charge is 0.341 e. The first-order valence-electron chi connectivity index (χ1n) is 6.62. The Kier molecular flexibility index (Phi) is 5.81. The second-order valence-corrected chi connectivity index (χ2v) is 5.01. The molecule has 1 N–H and O–H groups in total. The summed E-state index contributed by atoms with van der Waals surface area (Å²) in [6.45, 7) is 6.17. The molecule has 0 aliphatic carbocycles. The van der Waals surface area contributed by atoms with Gasteiger partial charge in [-0.1, -0.05) is 19.8 Å². The first-order chi connectivity index (χ1) is 7.67. The van der Waals surface area contributed by atoms with Crippen LogP contribution in [-0.4, -0.2) is 37.0 Å². The Balaban J connectivity index is 2.44. The van der Waals surface area contributed by atoms with E-state index in [1.807, 2.05) is 11.9 Å². The summed E-state index contributed by atoms with van der Waals surface area (Å²) in [5.41, 5.74) is 0. The summed E-state index contributed by atoms with van der Waals surface area (Å²) in [6, 6.07) is 0.395. The van der Waals surface area contributed by atoms with Gasteiger partial charge in [0.05, 0.1) is 0 Å². The third kappa shape index (κ3) is 4.12. The van der Waals surface area contributed by atoms with Gasteiger partial charge in [-0.3, -0.25) is 4.79 Å². The van der Waals surface area contributed by atoms with Crippen molar-refractivity contribution in [1.29, 1.82) is 0 Å². The van der Waals surface area contributed by atoms with Gasteiger partial charge in [-0.05, 0) is 32.7 Å². The van der Waals surface area contributed by atoms with E-state index in [0.29, 0.717) is 11.9 Å². The zero-order valence-electron chi connectivity index (χ0n) is 11.0. The van der Waals surface area contributed by atoms with Crippen LogP contribution in [0, 0.1) is 5.92 Å². The number of likely N-dealkylation sites (N-methyl/N-ethyl adjacent to an activating group) is 1. The predicted molar refractivity (Wildman–Crippen MR) is 67.4 cm³/mol. The lowest BCUT2D eigenvalue weighted by Crippen LogP contribution is -2.40. The lowest BCUT2D eigenvalue weighted by Gasteiger charge is -2.24. The van der Waals surface area contributed by atoms with E-state index in [1.165, 1.54) is 19.3 Å². The number of hydrogen-bond donors (Lipinski definition) is 1. The highest BCUT2D eigenvalue weighted by Gasteiger charge is 2.22. The maximum atomic E-state index is 11.9. The van der Waals surface area contributed by atoms with Crippen LogP contribution in [0.2, 0.25) is 0 Å². The lowest BCUT2D eigenvalue weighted by molar-refractivity contribution is -0.131. The Labute approximate surface area is 99.6 Å². The Morgan fingerprint density at radius 2 is 2.25 bits per heavy atom. The Morgan fingerprint density at radius 3 is 2.88 bits per heavy atom. The van der Waals surface area contributed by atoms with Gasteiger partial charge in [0.1, 0.15) is 0 Å². The number of nitrogens with zero attached hydrogens (tertiary/aromatic N) is 1. The van der Waals surface area contributed by atoms with Crippen LogP contribution in [0.4, 0.5) is 0 Å². The average Bonchev–Trinajstić information content (AvgIpc) is 2.44. The van der Waals surface area contributed by atoms with Crippen LogP contribution in [0.5, 0.6) is 0 Å². The van der Waals surface area contributed by atoms with Crippen LogP contribution in [0.1, 0.15) is 46.0 Å². The van der Waals surface area contributed by atoms with Crippen LogP contribution in [-0.2, 0) is 4.79 Å². The second-order valence-electron chi connectivity index (χ2n) is 5.01. The van der Waals surface area contributed by atoms with E-state index in [1.54, 1.807) is 0 Å². The summed E-state index contributed by atoms with van der Waals surface area (Å²) in [5, 5.41) is 3.20. The Bertz CT molecular complexity index is 218. The first kappa shape index (κ1) is 13.5. The van der Waals surface area contributed by atoms with E-state index in [4.69, 9.17) is 0 Å². The molecule has 94 valence electrons. The number of likely N-dealkylation sites (tertiary alicyclic amines) is 1. The fourth-order valence-corrected chi connectivity index (χ4v) is 2.41. The summed E-state index contributed by atoms with van der Waals surface area (Å²) >= 11 is 0. The number of hydrogen-bond acceptors (Lipinski definition) is 2. The Morgan fingerprint density at radius 1 is 1.50 bits per heavy atom. The van der Waals surface area contributed by atoms with E-state index in [9.17, 15) is 4.79 Å². The molecule has 16 heavy (non-hydrogen) atoms. The van der Waals surface area contributed by atoms with Gasteiger partial charge in [0.25, 0.3) is 0 Å². The van der Waals surface area contributed by atoms with Crippen LogP contribution in [0.25, 0.3) is 0 Å². The molecule has 0 radical (unpaired) electrons. The molecule has 2 atom stereocenters. The Hall–Kier alpha value is -0.570. The molecule has 3 nitrogen and oxygen atoms in total. The van der Waals surface area contributed by atoms with E-state index in [2.05, 4.69) is 19.2 Å². The van der Waals surface area contributed by atoms with Gasteiger partial charge < -0.3 is 10.2 Å². The molecule has 1 saturated heterocycles. The molecule has 0 aromatic rings. The minimum Gasteiger partial charge on any atom is -0.341 e. The average molecular weight is 226 g/mol. The quantitative estimate of drug-likeness (QED) is 0.778. The molecule has 1 amide bonds. The van der Waals surface area contributed by atoms with Crippen LogP contribution in [0.15, 0.2) is 0 Å². The molecule has 1 aliphatic heterocycles. The van der Waals surface area contributed by atoms with Crippen molar-refractivity contribution in [2.24, 2.45) is 5.92 Å². The van der Waals surface area contributed by atoms with Gasteiger partial charge in [0.15, 0.2) is 0 Å². The van der Waals surface area contributed by atoms with Crippen molar-refractivity contribution in [2.45, 2.75) is 52.0 Å². The van der Waals surface area contributed by atoms with Crippen molar-refractivity contribution in [1.82, 2.24) is 10.2 Å². The monoisotopic (exact) mass is 226 g/mol. The highest BCUT2D eigenvalue weighted by Crippen LogP contribution is 2.22. The molecule has 1 aliphatic rings. The molecular formula is C13H26N2O. The van der Waals surface area contributed by atoms with Crippen LogP contribution < -0.4 is 5.32 Å². The topological polar surface area (TPSA) is 32.3 Å². The van der Waals surface area contributed by atoms with Gasteiger partial charge in [-0.25, -0.2) is 0 Å². The maximum Gasteiger partial charge on any atom is 0.222 e. The van der Waals surface area contributed by atoms with Crippen molar-refractivity contribution in [3.63, 3.8) is 0 Å². The van der Waals surface area contributed by atoms with Gasteiger partial charge in [-0.15, -0.1) is 0 Å². The molecule has 1 rings (SSSR count). The summed E-state index contributed by atoms with van der Waals surface area (Å²) in [4.78, 5) is 14.0. The molecule has 0 saturated carbocycles. The zero-order valence-corrected chi connectivity index (χ0v) is 11.0. The van der Waals surface area contributed by atoms with Crippen LogP contribution in [0.3, 0.4) is 0 Å². The minimum absolute atomic E-state index is 0.348. The predicted octanol–water partition coefficient (Wildman–Crippen LogP) is 2.02. The molecule has 1 fully saturated rings. The van der Waals surface area contributed by atoms with E-state index in [0.717, 1.165) is 31.8 Å². The van der Waals surface area contributed by atoms with Crippen molar-refractivity contribution in [2.75, 3.05) is 20.1 Å². The maximum absolute atomic E-state index is 11.9. The first-order valence-corrected chi connectivity index (χ1v) is 6.62. The number of amides is 1. The number of carbonyl (C=O) groups excluding carboxylic acids is 1. The molecular weight excluding hydrogens is 200 g/mol. The minimum atomic E-state index is 0.348. The molecule has 1 heterocycles. The van der Waals surface area contributed by atoms with Crippen molar-refractivity contribution in [3.05, 3.63) is 0 Å². The van der Waals surface area contributed by atoms with Crippen LogP contribution >= 0.6 is 0 Å². The van der Waals surface area contributed by atoms with Gasteiger partial charge in [0, 0.05) is 25.6 Å². The number of rotatable bonds is 5. The third-order valence-corrected chi connectivity index (χ3v) is 3.61.